The van der Waals surface area contributed by atoms with Crippen molar-refractivity contribution >= 4 is 27.9 Å². The number of carbonyl (C=O) groups is 1. The van der Waals surface area contributed by atoms with Crippen molar-refractivity contribution in [2.45, 2.75) is 39.2 Å². The van der Waals surface area contributed by atoms with Gasteiger partial charge in [-0.2, -0.15) is 9.61 Å². The minimum Gasteiger partial charge on any atom is -0.487 e. The van der Waals surface area contributed by atoms with Crippen LogP contribution in [0.2, 0.25) is 0 Å². The molecule has 1 atom stereocenters. The normalized spacial score (nSPS) is 11.9. The molecule has 4 aromatic rings. The Labute approximate surface area is 189 Å². The molecule has 32 heavy (non-hydrogen) atoms. The number of fused-ring (bicyclic) bond motifs is 1. The molecule has 164 valence electrons. The summed E-state index contributed by atoms with van der Waals surface area (Å²) in [6, 6.07) is 18.4. The Morgan fingerprint density at radius 2 is 1.94 bits per heavy atom. The summed E-state index contributed by atoms with van der Waals surface area (Å²) in [4.78, 5) is 30.1. The van der Waals surface area contributed by atoms with Gasteiger partial charge in [-0.1, -0.05) is 61.6 Å². The second-order valence-corrected chi connectivity index (χ2v) is 8.35. The topological polar surface area (TPSA) is 85.6 Å². The van der Waals surface area contributed by atoms with E-state index < -0.39 is 0 Å². The number of aromatic nitrogens is 3. The predicted molar refractivity (Wildman–Crippen MR) is 125 cm³/mol. The molecule has 7 nitrogen and oxygen atoms in total. The lowest BCUT2D eigenvalue weighted by atomic mass is 9.95. The van der Waals surface area contributed by atoms with Gasteiger partial charge >= 0.3 is 0 Å². The van der Waals surface area contributed by atoms with Crippen LogP contribution in [0, 0.1) is 0 Å². The highest BCUT2D eigenvalue weighted by molar-refractivity contribution is 7.16. The second-order valence-electron chi connectivity index (χ2n) is 7.31. The molecule has 0 aliphatic rings. The smallest absolute Gasteiger partial charge is 0.275 e. The molecule has 0 aliphatic heterocycles. The summed E-state index contributed by atoms with van der Waals surface area (Å²) in [5.74, 6) is 0.293. The molecule has 4 rings (SSSR count). The van der Waals surface area contributed by atoms with Crippen molar-refractivity contribution in [2.75, 3.05) is 5.32 Å². The van der Waals surface area contributed by atoms with Crippen LogP contribution in [0.5, 0.6) is 5.75 Å². The number of carbonyl (C=O) groups excluding carboxylic acids is 1. The van der Waals surface area contributed by atoms with Crippen LogP contribution < -0.4 is 15.6 Å². The number of nitrogens with one attached hydrogen (secondary N) is 1. The van der Waals surface area contributed by atoms with Crippen LogP contribution in [0.25, 0.3) is 4.96 Å². The maximum atomic E-state index is 12.8. The highest BCUT2D eigenvalue weighted by atomic mass is 32.1. The zero-order valence-corrected chi connectivity index (χ0v) is 18.8. The molecule has 1 unspecified atom stereocenters. The van der Waals surface area contributed by atoms with Gasteiger partial charge in [-0.05, 0) is 30.5 Å². The molecule has 1 amide bonds. The highest BCUT2D eigenvalue weighted by Crippen LogP contribution is 2.24. The number of rotatable bonds is 8. The standard InChI is InChI=1S/C24H24N4O3S/c1-3-20(16-9-6-5-7-10-16)23(30)25-17-11-8-12-19(13-17)31-15-18-14-22(29)28-24(26-18)32-21(4-2)27-28/h5-14,20H,3-4,15H2,1-2H3,(H,25,30). The van der Waals surface area contributed by atoms with Gasteiger partial charge < -0.3 is 10.1 Å². The van der Waals surface area contributed by atoms with Crippen LogP contribution in [-0.4, -0.2) is 20.5 Å². The third kappa shape index (κ3) is 4.86. The molecule has 0 fully saturated rings. The Kier molecular flexibility index (Phi) is 6.61. The Bertz CT molecular complexity index is 1280. The summed E-state index contributed by atoms with van der Waals surface area (Å²) in [6.45, 7) is 4.13. The fourth-order valence-corrected chi connectivity index (χ4v) is 4.28. The maximum Gasteiger partial charge on any atom is 0.275 e. The number of hydrogen-bond acceptors (Lipinski definition) is 6. The zero-order chi connectivity index (χ0) is 22.5. The van der Waals surface area contributed by atoms with Gasteiger partial charge in [-0.25, -0.2) is 4.98 Å². The first-order chi connectivity index (χ1) is 15.6. The van der Waals surface area contributed by atoms with E-state index in [2.05, 4.69) is 15.4 Å². The zero-order valence-electron chi connectivity index (χ0n) is 17.9. The fourth-order valence-electron chi connectivity index (χ4n) is 3.42. The maximum absolute atomic E-state index is 12.8. The minimum atomic E-state index is -0.225. The van der Waals surface area contributed by atoms with Gasteiger partial charge in [0.2, 0.25) is 10.9 Å². The number of ether oxygens (including phenoxy) is 1. The van der Waals surface area contributed by atoms with Crippen LogP contribution in [0.3, 0.4) is 0 Å². The summed E-state index contributed by atoms with van der Waals surface area (Å²) in [5.41, 5.74) is 1.95. The van der Waals surface area contributed by atoms with E-state index in [1.54, 1.807) is 12.1 Å². The molecular weight excluding hydrogens is 424 g/mol. The number of hydrogen-bond donors (Lipinski definition) is 1. The van der Waals surface area contributed by atoms with E-state index >= 15 is 0 Å². The van der Waals surface area contributed by atoms with E-state index in [9.17, 15) is 9.59 Å². The highest BCUT2D eigenvalue weighted by Gasteiger charge is 2.18. The average molecular weight is 449 g/mol. The van der Waals surface area contributed by atoms with Crippen molar-refractivity contribution in [2.24, 2.45) is 0 Å². The van der Waals surface area contributed by atoms with Crippen LogP contribution >= 0.6 is 11.3 Å². The van der Waals surface area contributed by atoms with Gasteiger partial charge in [0.25, 0.3) is 5.56 Å². The molecule has 0 aliphatic carbocycles. The fraction of sp³-hybridized carbons (Fsp3) is 0.250. The molecular formula is C24H24N4O3S. The second kappa shape index (κ2) is 9.74. The summed E-state index contributed by atoms with van der Waals surface area (Å²) < 4.78 is 7.16. The molecule has 2 aromatic heterocycles. The predicted octanol–water partition coefficient (Wildman–Crippen LogP) is 4.42. The Balaban J connectivity index is 1.45. The lowest BCUT2D eigenvalue weighted by Gasteiger charge is -2.16. The number of anilines is 1. The van der Waals surface area contributed by atoms with Gasteiger partial charge in [-0.3, -0.25) is 9.59 Å². The molecule has 0 spiro atoms. The molecule has 8 heteroatoms. The van der Waals surface area contributed by atoms with Gasteiger partial charge in [0.05, 0.1) is 11.6 Å². The van der Waals surface area contributed by atoms with Crippen molar-refractivity contribution < 1.29 is 9.53 Å². The largest absolute Gasteiger partial charge is 0.487 e. The molecule has 0 bridgehead atoms. The van der Waals surface area contributed by atoms with Gasteiger partial charge in [0, 0.05) is 17.8 Å². The third-order valence-electron chi connectivity index (χ3n) is 5.06. The summed E-state index contributed by atoms with van der Waals surface area (Å²) in [5, 5.41) is 8.09. The van der Waals surface area contributed by atoms with Gasteiger partial charge in [0.15, 0.2) is 0 Å². The molecule has 0 radical (unpaired) electrons. The first-order valence-corrected chi connectivity index (χ1v) is 11.4. The van der Waals surface area contributed by atoms with Gasteiger partial charge in [0.1, 0.15) is 17.4 Å². The van der Waals surface area contributed by atoms with Crippen molar-refractivity contribution in [3.8, 4) is 5.75 Å². The quantitative estimate of drug-likeness (QED) is 0.431. The Hall–Kier alpha value is -3.52. The third-order valence-corrected chi connectivity index (χ3v) is 6.11. The van der Waals surface area contributed by atoms with E-state index in [0.29, 0.717) is 28.5 Å². The first kappa shape index (κ1) is 21.7. The Morgan fingerprint density at radius 1 is 1.12 bits per heavy atom. The van der Waals surface area contributed by atoms with Crippen molar-refractivity contribution in [3.63, 3.8) is 0 Å². The summed E-state index contributed by atoms with van der Waals surface area (Å²) >= 11 is 1.40. The Morgan fingerprint density at radius 3 is 2.69 bits per heavy atom. The number of nitrogens with zero attached hydrogens (tertiary/aromatic N) is 3. The van der Waals surface area contributed by atoms with E-state index in [0.717, 1.165) is 17.0 Å². The SMILES string of the molecule is CCc1nn2c(=O)cc(COc3cccc(NC(=O)C(CC)c4ccccc4)c3)nc2s1. The van der Waals surface area contributed by atoms with Crippen molar-refractivity contribution in [3.05, 3.63) is 87.3 Å². The van der Waals surface area contributed by atoms with E-state index in [1.807, 2.05) is 56.3 Å². The number of amides is 1. The number of aryl methyl sites for hydroxylation is 1. The minimum absolute atomic E-state index is 0.0621. The lowest BCUT2D eigenvalue weighted by molar-refractivity contribution is -0.117. The van der Waals surface area contributed by atoms with Crippen LogP contribution in [0.15, 0.2) is 65.5 Å². The molecule has 2 aromatic carbocycles. The first-order valence-electron chi connectivity index (χ1n) is 10.5. The van der Waals surface area contributed by atoms with Crippen molar-refractivity contribution in [1.82, 2.24) is 14.6 Å². The van der Waals surface area contributed by atoms with Crippen LogP contribution in [0.4, 0.5) is 5.69 Å². The average Bonchev–Trinajstić information content (AvgIpc) is 3.23. The lowest BCUT2D eigenvalue weighted by Crippen LogP contribution is -2.20. The van der Waals surface area contributed by atoms with Gasteiger partial charge in [-0.15, -0.1) is 0 Å². The summed E-state index contributed by atoms with van der Waals surface area (Å²) in [6.07, 6.45) is 1.45. The summed E-state index contributed by atoms with van der Waals surface area (Å²) in [7, 11) is 0. The molecule has 0 saturated heterocycles. The molecule has 2 heterocycles. The monoisotopic (exact) mass is 448 g/mol. The van der Waals surface area contributed by atoms with E-state index in [-0.39, 0.29) is 24.0 Å². The van der Waals surface area contributed by atoms with Crippen LogP contribution in [0.1, 0.15) is 42.5 Å². The number of benzene rings is 2. The van der Waals surface area contributed by atoms with E-state index in [4.69, 9.17) is 4.74 Å². The molecule has 1 N–H and O–H groups in total. The van der Waals surface area contributed by atoms with E-state index in [1.165, 1.54) is 21.9 Å². The van der Waals surface area contributed by atoms with Crippen molar-refractivity contribution in [1.29, 1.82) is 0 Å². The van der Waals surface area contributed by atoms with Crippen LogP contribution in [-0.2, 0) is 17.8 Å². The molecule has 0 saturated carbocycles.